The lowest BCUT2D eigenvalue weighted by Gasteiger charge is -2.18. The van der Waals surface area contributed by atoms with Gasteiger partial charge in [0.15, 0.2) is 0 Å². The molecule has 0 radical (unpaired) electrons. The fourth-order valence-corrected chi connectivity index (χ4v) is 1.43. The van der Waals surface area contributed by atoms with Gasteiger partial charge < -0.3 is 0 Å². The van der Waals surface area contributed by atoms with Crippen molar-refractivity contribution < 1.29 is 0 Å². The van der Waals surface area contributed by atoms with E-state index in [4.69, 9.17) is 0 Å². The van der Waals surface area contributed by atoms with Crippen LogP contribution in [-0.2, 0) is 11.8 Å². The van der Waals surface area contributed by atoms with E-state index in [1.807, 2.05) is 0 Å². The Bertz CT molecular complexity index is 294. The molecular weight excluding hydrogens is 170 g/mol. The van der Waals surface area contributed by atoms with Crippen LogP contribution in [0.3, 0.4) is 0 Å². The van der Waals surface area contributed by atoms with Crippen LogP contribution in [0.2, 0.25) is 0 Å². The maximum absolute atomic E-state index is 4.68. The van der Waals surface area contributed by atoms with Crippen molar-refractivity contribution in [2.45, 2.75) is 46.5 Å². The molecule has 0 amide bonds. The SMILES string of the molecule is CC(C)Cc1cccc(C(C)(C)C)n1. The van der Waals surface area contributed by atoms with Crippen LogP contribution in [-0.4, -0.2) is 4.98 Å². The van der Waals surface area contributed by atoms with Crippen LogP contribution >= 0.6 is 0 Å². The lowest BCUT2D eigenvalue weighted by molar-refractivity contribution is 0.558. The minimum Gasteiger partial charge on any atom is -0.257 e. The summed E-state index contributed by atoms with van der Waals surface area (Å²) in [5, 5.41) is 0. The number of rotatable bonds is 2. The van der Waals surface area contributed by atoms with Gasteiger partial charge in [-0.15, -0.1) is 0 Å². The van der Waals surface area contributed by atoms with Gasteiger partial charge in [-0.25, -0.2) is 0 Å². The summed E-state index contributed by atoms with van der Waals surface area (Å²) in [7, 11) is 0. The van der Waals surface area contributed by atoms with E-state index >= 15 is 0 Å². The van der Waals surface area contributed by atoms with Gasteiger partial charge in [0, 0.05) is 16.8 Å². The summed E-state index contributed by atoms with van der Waals surface area (Å²) >= 11 is 0. The van der Waals surface area contributed by atoms with Crippen LogP contribution < -0.4 is 0 Å². The van der Waals surface area contributed by atoms with Gasteiger partial charge in [0.1, 0.15) is 0 Å². The van der Waals surface area contributed by atoms with Gasteiger partial charge in [0.2, 0.25) is 0 Å². The van der Waals surface area contributed by atoms with Gasteiger partial charge in [0.25, 0.3) is 0 Å². The van der Waals surface area contributed by atoms with Crippen LogP contribution in [0.1, 0.15) is 46.0 Å². The molecule has 0 aromatic carbocycles. The van der Waals surface area contributed by atoms with Gasteiger partial charge in [-0.1, -0.05) is 40.7 Å². The van der Waals surface area contributed by atoms with Crippen LogP contribution in [0.5, 0.6) is 0 Å². The Morgan fingerprint density at radius 2 is 1.86 bits per heavy atom. The fraction of sp³-hybridized carbons (Fsp3) is 0.615. The largest absolute Gasteiger partial charge is 0.257 e. The van der Waals surface area contributed by atoms with E-state index in [0.29, 0.717) is 5.92 Å². The molecule has 78 valence electrons. The molecule has 1 heterocycles. The van der Waals surface area contributed by atoms with Gasteiger partial charge in [-0.2, -0.15) is 0 Å². The van der Waals surface area contributed by atoms with Crippen molar-refractivity contribution in [3.8, 4) is 0 Å². The Morgan fingerprint density at radius 1 is 1.21 bits per heavy atom. The summed E-state index contributed by atoms with van der Waals surface area (Å²) in [6, 6.07) is 6.35. The molecule has 0 spiro atoms. The third-order valence-corrected chi connectivity index (χ3v) is 2.19. The number of hydrogen-bond acceptors (Lipinski definition) is 1. The van der Waals surface area contributed by atoms with Crippen molar-refractivity contribution in [2.24, 2.45) is 5.92 Å². The summed E-state index contributed by atoms with van der Waals surface area (Å²) in [6.45, 7) is 11.1. The number of nitrogens with zero attached hydrogens (tertiary/aromatic N) is 1. The monoisotopic (exact) mass is 191 g/mol. The van der Waals surface area contributed by atoms with E-state index in [1.165, 1.54) is 11.4 Å². The Morgan fingerprint density at radius 3 is 2.36 bits per heavy atom. The minimum absolute atomic E-state index is 0.160. The van der Waals surface area contributed by atoms with E-state index in [2.05, 4.69) is 57.8 Å². The molecule has 0 saturated heterocycles. The molecule has 0 atom stereocenters. The third kappa shape index (κ3) is 3.13. The standard InChI is InChI=1S/C13H21N/c1-10(2)9-11-7-6-8-12(14-11)13(3,4)5/h6-8,10H,9H2,1-5H3. The van der Waals surface area contributed by atoms with Gasteiger partial charge in [-0.3, -0.25) is 4.98 Å². The summed E-state index contributed by atoms with van der Waals surface area (Å²) in [4.78, 5) is 4.68. The average molecular weight is 191 g/mol. The van der Waals surface area contributed by atoms with E-state index < -0.39 is 0 Å². The topological polar surface area (TPSA) is 12.9 Å². The Labute approximate surface area is 87.6 Å². The number of pyridine rings is 1. The highest BCUT2D eigenvalue weighted by Gasteiger charge is 2.15. The third-order valence-electron chi connectivity index (χ3n) is 2.19. The quantitative estimate of drug-likeness (QED) is 0.696. The first-order valence-corrected chi connectivity index (χ1v) is 5.36. The molecule has 0 aliphatic rings. The molecule has 0 aliphatic carbocycles. The zero-order chi connectivity index (χ0) is 10.8. The summed E-state index contributed by atoms with van der Waals surface area (Å²) in [5.74, 6) is 0.678. The predicted octanol–water partition coefficient (Wildman–Crippen LogP) is 3.58. The molecule has 1 nitrogen and oxygen atoms in total. The Kier molecular flexibility index (Phi) is 3.30. The smallest absolute Gasteiger partial charge is 0.0460 e. The van der Waals surface area contributed by atoms with Crippen LogP contribution in [0.15, 0.2) is 18.2 Å². The van der Waals surface area contributed by atoms with Crippen LogP contribution in [0.25, 0.3) is 0 Å². The van der Waals surface area contributed by atoms with Crippen molar-refractivity contribution in [3.05, 3.63) is 29.6 Å². The second kappa shape index (κ2) is 4.12. The molecular formula is C13H21N. The van der Waals surface area contributed by atoms with Crippen molar-refractivity contribution >= 4 is 0 Å². The van der Waals surface area contributed by atoms with Crippen molar-refractivity contribution in [1.82, 2.24) is 4.98 Å². The first-order chi connectivity index (χ1) is 6.39. The highest BCUT2D eigenvalue weighted by Crippen LogP contribution is 2.20. The highest BCUT2D eigenvalue weighted by molar-refractivity contribution is 5.17. The molecule has 1 aromatic rings. The molecule has 1 heteroatoms. The lowest BCUT2D eigenvalue weighted by Crippen LogP contribution is -2.14. The molecule has 0 bridgehead atoms. The van der Waals surface area contributed by atoms with E-state index in [0.717, 1.165) is 6.42 Å². The molecule has 1 rings (SSSR count). The van der Waals surface area contributed by atoms with Crippen molar-refractivity contribution in [1.29, 1.82) is 0 Å². The fourth-order valence-electron chi connectivity index (χ4n) is 1.43. The van der Waals surface area contributed by atoms with Gasteiger partial charge >= 0.3 is 0 Å². The molecule has 0 aliphatic heterocycles. The van der Waals surface area contributed by atoms with Crippen LogP contribution in [0.4, 0.5) is 0 Å². The van der Waals surface area contributed by atoms with E-state index in [9.17, 15) is 0 Å². The summed E-state index contributed by atoms with van der Waals surface area (Å²) < 4.78 is 0. The molecule has 0 unspecified atom stereocenters. The van der Waals surface area contributed by atoms with Gasteiger partial charge in [-0.05, 0) is 24.5 Å². The lowest BCUT2D eigenvalue weighted by atomic mass is 9.91. The first kappa shape index (κ1) is 11.2. The second-order valence-electron chi connectivity index (χ2n) is 5.36. The number of aromatic nitrogens is 1. The molecule has 0 fully saturated rings. The average Bonchev–Trinajstić information content (AvgIpc) is 2.01. The molecule has 0 N–H and O–H groups in total. The maximum Gasteiger partial charge on any atom is 0.0460 e. The predicted molar refractivity (Wildman–Crippen MR) is 61.5 cm³/mol. The zero-order valence-corrected chi connectivity index (χ0v) is 9.96. The van der Waals surface area contributed by atoms with Crippen molar-refractivity contribution in [3.63, 3.8) is 0 Å². The Hall–Kier alpha value is -0.850. The minimum atomic E-state index is 0.160. The normalized spacial score (nSPS) is 12.1. The van der Waals surface area contributed by atoms with Gasteiger partial charge in [0.05, 0.1) is 0 Å². The first-order valence-electron chi connectivity index (χ1n) is 5.36. The zero-order valence-electron chi connectivity index (χ0n) is 9.96. The summed E-state index contributed by atoms with van der Waals surface area (Å²) in [6.07, 6.45) is 1.07. The second-order valence-corrected chi connectivity index (χ2v) is 5.36. The Balaban J connectivity index is 2.90. The van der Waals surface area contributed by atoms with E-state index in [1.54, 1.807) is 0 Å². The number of hydrogen-bond donors (Lipinski definition) is 0. The van der Waals surface area contributed by atoms with E-state index in [-0.39, 0.29) is 5.41 Å². The molecule has 1 aromatic heterocycles. The summed E-state index contributed by atoms with van der Waals surface area (Å²) in [5.41, 5.74) is 2.57. The highest BCUT2D eigenvalue weighted by atomic mass is 14.7. The van der Waals surface area contributed by atoms with Crippen LogP contribution in [0, 0.1) is 5.92 Å². The maximum atomic E-state index is 4.68. The van der Waals surface area contributed by atoms with Crippen molar-refractivity contribution in [2.75, 3.05) is 0 Å². The molecule has 14 heavy (non-hydrogen) atoms. The molecule has 0 saturated carbocycles.